The van der Waals surface area contributed by atoms with E-state index < -0.39 is 5.97 Å². The lowest BCUT2D eigenvalue weighted by Crippen LogP contribution is -2.06. The molecule has 0 amide bonds. The summed E-state index contributed by atoms with van der Waals surface area (Å²) in [6, 6.07) is 5.73. The molecule has 2 aromatic rings. The van der Waals surface area contributed by atoms with E-state index >= 15 is 0 Å². The van der Waals surface area contributed by atoms with E-state index in [9.17, 15) is 9.18 Å². The molecule has 17 heavy (non-hydrogen) atoms. The lowest BCUT2D eigenvalue weighted by molar-refractivity contribution is 0.0594. The molecule has 0 aliphatic heterocycles. The van der Waals surface area contributed by atoms with Gasteiger partial charge >= 0.3 is 5.97 Å². The summed E-state index contributed by atoms with van der Waals surface area (Å²) in [5.41, 5.74) is 1.37. The Morgan fingerprint density at radius 2 is 2.18 bits per heavy atom. The summed E-state index contributed by atoms with van der Waals surface area (Å²) in [4.78, 5) is 15.5. The molecule has 1 aromatic heterocycles. The number of rotatable bonds is 2. The highest BCUT2D eigenvalue weighted by atomic mass is 19.1. The number of carbonyl (C=O) groups is 1. The summed E-state index contributed by atoms with van der Waals surface area (Å²) in [7, 11) is 2.98. The molecule has 0 aliphatic rings. The maximum atomic E-state index is 13.1. The topological polar surface area (TPSA) is 51.2 Å². The molecule has 4 nitrogen and oxygen atoms in total. The van der Waals surface area contributed by atoms with E-state index in [-0.39, 0.29) is 11.5 Å². The molecule has 5 heteroatoms. The number of carbonyl (C=O) groups excluding carboxylic acids is 1. The van der Waals surface area contributed by atoms with Gasteiger partial charge in [-0.1, -0.05) is 0 Å². The van der Waals surface area contributed by atoms with E-state index in [0.717, 1.165) is 0 Å². The second kappa shape index (κ2) is 4.37. The van der Waals surface area contributed by atoms with Crippen LogP contribution in [0.5, 0.6) is 0 Å². The van der Waals surface area contributed by atoms with Crippen molar-refractivity contribution >= 4 is 22.6 Å². The predicted octanol–water partition coefficient (Wildman–Crippen LogP) is 2.20. The van der Waals surface area contributed by atoms with Gasteiger partial charge < -0.3 is 10.1 Å². The van der Waals surface area contributed by atoms with Gasteiger partial charge in [0.1, 0.15) is 5.82 Å². The van der Waals surface area contributed by atoms with Crippen LogP contribution in [0.2, 0.25) is 0 Å². The SMILES string of the molecule is CNc1cc(C(=O)OC)nc2ccc(F)cc12. The van der Waals surface area contributed by atoms with E-state index in [4.69, 9.17) is 0 Å². The van der Waals surface area contributed by atoms with E-state index in [1.165, 1.54) is 31.4 Å². The Bertz CT molecular complexity index is 584. The number of ether oxygens (including phenoxy) is 1. The van der Waals surface area contributed by atoms with Gasteiger partial charge in [-0.2, -0.15) is 0 Å². The van der Waals surface area contributed by atoms with E-state index in [2.05, 4.69) is 15.0 Å². The molecule has 0 saturated heterocycles. The number of fused-ring (bicyclic) bond motifs is 1. The van der Waals surface area contributed by atoms with Crippen molar-refractivity contribution in [3.63, 3.8) is 0 Å². The van der Waals surface area contributed by atoms with Crippen molar-refractivity contribution in [2.24, 2.45) is 0 Å². The number of pyridine rings is 1. The lowest BCUT2D eigenvalue weighted by atomic mass is 10.1. The molecular weight excluding hydrogens is 223 g/mol. The highest BCUT2D eigenvalue weighted by molar-refractivity contribution is 5.97. The molecule has 0 unspecified atom stereocenters. The molecule has 2 rings (SSSR count). The van der Waals surface area contributed by atoms with E-state index in [0.29, 0.717) is 16.6 Å². The monoisotopic (exact) mass is 234 g/mol. The summed E-state index contributed by atoms with van der Waals surface area (Å²) >= 11 is 0. The number of halogens is 1. The Morgan fingerprint density at radius 3 is 2.82 bits per heavy atom. The Balaban J connectivity index is 2.70. The van der Waals surface area contributed by atoms with Crippen LogP contribution < -0.4 is 5.32 Å². The van der Waals surface area contributed by atoms with Crippen molar-refractivity contribution in [1.29, 1.82) is 0 Å². The molecular formula is C12H11FN2O2. The van der Waals surface area contributed by atoms with Crippen LogP contribution in [0.3, 0.4) is 0 Å². The van der Waals surface area contributed by atoms with E-state index in [1.54, 1.807) is 7.05 Å². The molecule has 0 radical (unpaired) electrons. The van der Waals surface area contributed by atoms with Gasteiger partial charge in [-0.3, -0.25) is 0 Å². The number of esters is 1. The first-order valence-electron chi connectivity index (χ1n) is 5.02. The third-order valence-corrected chi connectivity index (χ3v) is 2.43. The lowest BCUT2D eigenvalue weighted by Gasteiger charge is -2.08. The molecule has 0 fully saturated rings. The van der Waals surface area contributed by atoms with Crippen LogP contribution in [0.15, 0.2) is 24.3 Å². The minimum atomic E-state index is -0.521. The molecule has 0 atom stereocenters. The van der Waals surface area contributed by atoms with Gasteiger partial charge in [0.05, 0.1) is 12.6 Å². The first-order valence-corrected chi connectivity index (χ1v) is 5.02. The minimum Gasteiger partial charge on any atom is -0.464 e. The zero-order valence-corrected chi connectivity index (χ0v) is 9.45. The molecule has 0 bridgehead atoms. The highest BCUT2D eigenvalue weighted by Gasteiger charge is 2.12. The largest absolute Gasteiger partial charge is 0.464 e. The average molecular weight is 234 g/mol. The second-order valence-electron chi connectivity index (χ2n) is 3.46. The normalized spacial score (nSPS) is 10.3. The van der Waals surface area contributed by atoms with Crippen molar-refractivity contribution in [3.05, 3.63) is 35.8 Å². The Labute approximate surface area is 97.4 Å². The third-order valence-electron chi connectivity index (χ3n) is 2.43. The van der Waals surface area contributed by atoms with Crippen molar-refractivity contribution in [2.75, 3.05) is 19.5 Å². The molecule has 1 N–H and O–H groups in total. The molecule has 1 aromatic carbocycles. The van der Waals surface area contributed by atoms with Gasteiger partial charge in [-0.05, 0) is 24.3 Å². The molecule has 1 heterocycles. The molecule has 0 spiro atoms. The van der Waals surface area contributed by atoms with E-state index in [1.807, 2.05) is 0 Å². The minimum absolute atomic E-state index is 0.191. The number of aromatic nitrogens is 1. The van der Waals surface area contributed by atoms with Crippen LogP contribution in [0, 0.1) is 5.82 Å². The highest BCUT2D eigenvalue weighted by Crippen LogP contribution is 2.24. The van der Waals surface area contributed by atoms with Gasteiger partial charge in [0.25, 0.3) is 0 Å². The van der Waals surface area contributed by atoms with Gasteiger partial charge in [0.15, 0.2) is 5.69 Å². The maximum Gasteiger partial charge on any atom is 0.356 e. The Kier molecular flexibility index (Phi) is 2.91. The summed E-state index contributed by atoms with van der Waals surface area (Å²) in [5.74, 6) is -0.866. The second-order valence-corrected chi connectivity index (χ2v) is 3.46. The van der Waals surface area contributed by atoms with Gasteiger partial charge in [0, 0.05) is 18.1 Å². The van der Waals surface area contributed by atoms with Gasteiger partial charge in [-0.15, -0.1) is 0 Å². The zero-order valence-electron chi connectivity index (χ0n) is 9.45. The first-order chi connectivity index (χ1) is 8.15. The van der Waals surface area contributed by atoms with Crippen LogP contribution in [0.25, 0.3) is 10.9 Å². The van der Waals surface area contributed by atoms with Gasteiger partial charge in [-0.25, -0.2) is 14.2 Å². The quantitative estimate of drug-likeness (QED) is 0.809. The summed E-state index contributed by atoms with van der Waals surface area (Å²) in [6.45, 7) is 0. The number of hydrogen-bond acceptors (Lipinski definition) is 4. The van der Waals surface area contributed by atoms with Crippen molar-refractivity contribution in [2.45, 2.75) is 0 Å². The summed E-state index contributed by atoms with van der Waals surface area (Å²) < 4.78 is 17.7. The average Bonchev–Trinajstić information content (AvgIpc) is 2.36. The molecule has 0 aliphatic carbocycles. The number of benzene rings is 1. The van der Waals surface area contributed by atoms with Gasteiger partial charge in [0.2, 0.25) is 0 Å². The summed E-state index contributed by atoms with van der Waals surface area (Å²) in [6.07, 6.45) is 0. The Morgan fingerprint density at radius 1 is 1.41 bits per heavy atom. The first kappa shape index (κ1) is 11.3. The number of hydrogen-bond donors (Lipinski definition) is 1. The van der Waals surface area contributed by atoms with Crippen molar-refractivity contribution in [1.82, 2.24) is 4.98 Å². The summed E-state index contributed by atoms with van der Waals surface area (Å²) in [5, 5.41) is 3.53. The van der Waals surface area contributed by atoms with Crippen LogP contribution in [0.1, 0.15) is 10.5 Å². The zero-order chi connectivity index (χ0) is 12.4. The van der Waals surface area contributed by atoms with Crippen molar-refractivity contribution < 1.29 is 13.9 Å². The smallest absolute Gasteiger partial charge is 0.356 e. The predicted molar refractivity (Wildman–Crippen MR) is 62.6 cm³/mol. The molecule has 88 valence electrons. The number of nitrogens with one attached hydrogen (secondary N) is 1. The van der Waals surface area contributed by atoms with Crippen molar-refractivity contribution in [3.8, 4) is 0 Å². The standard InChI is InChI=1S/C12H11FN2O2/c1-14-10-6-11(12(16)17-2)15-9-4-3-7(13)5-8(9)10/h3-6H,1-2H3,(H,14,15). The third kappa shape index (κ3) is 2.04. The van der Waals surface area contributed by atoms with Crippen LogP contribution in [0.4, 0.5) is 10.1 Å². The number of methoxy groups -OCH3 is 1. The fourth-order valence-electron chi connectivity index (χ4n) is 1.61. The van der Waals surface area contributed by atoms with Crippen LogP contribution >= 0.6 is 0 Å². The Hall–Kier alpha value is -2.17. The number of nitrogens with zero attached hydrogens (tertiary/aromatic N) is 1. The fraction of sp³-hybridized carbons (Fsp3) is 0.167. The van der Waals surface area contributed by atoms with Crippen LogP contribution in [-0.4, -0.2) is 25.1 Å². The number of anilines is 1. The maximum absolute atomic E-state index is 13.1. The fourth-order valence-corrected chi connectivity index (χ4v) is 1.61. The van der Waals surface area contributed by atoms with Crippen LogP contribution in [-0.2, 0) is 4.74 Å². The molecule has 0 saturated carbocycles.